The summed E-state index contributed by atoms with van der Waals surface area (Å²) in [6, 6.07) is 6.25. The molecule has 3 N–H and O–H groups in total. The SMILES string of the molecule is Cc1cccc(C(=N)N)c1N(C)C1CCOC1C. The van der Waals surface area contributed by atoms with E-state index in [1.54, 1.807) is 0 Å². The lowest BCUT2D eigenvalue weighted by Gasteiger charge is -2.31. The van der Waals surface area contributed by atoms with Gasteiger partial charge in [-0.2, -0.15) is 0 Å². The lowest BCUT2D eigenvalue weighted by atomic mass is 10.0. The van der Waals surface area contributed by atoms with E-state index in [4.69, 9.17) is 15.9 Å². The Kier molecular flexibility index (Phi) is 3.57. The zero-order chi connectivity index (χ0) is 13.3. The number of amidine groups is 1. The van der Waals surface area contributed by atoms with Crippen LogP contribution in [-0.2, 0) is 4.74 Å². The molecule has 0 aliphatic carbocycles. The molecule has 1 aliphatic rings. The van der Waals surface area contributed by atoms with Crippen molar-refractivity contribution in [3.63, 3.8) is 0 Å². The Morgan fingerprint density at radius 3 is 2.78 bits per heavy atom. The van der Waals surface area contributed by atoms with Crippen LogP contribution in [0.2, 0.25) is 0 Å². The molecule has 0 radical (unpaired) electrons. The number of anilines is 1. The summed E-state index contributed by atoms with van der Waals surface area (Å²) in [4.78, 5) is 2.21. The average Bonchev–Trinajstić information content (AvgIpc) is 2.74. The molecule has 0 saturated carbocycles. The summed E-state index contributed by atoms with van der Waals surface area (Å²) in [5.41, 5.74) is 8.67. The van der Waals surface area contributed by atoms with Crippen molar-refractivity contribution in [2.24, 2.45) is 5.73 Å². The number of nitrogen functional groups attached to an aromatic ring is 1. The molecule has 1 aliphatic heterocycles. The topological polar surface area (TPSA) is 62.3 Å². The molecule has 4 nitrogen and oxygen atoms in total. The van der Waals surface area contributed by atoms with Crippen molar-refractivity contribution in [3.8, 4) is 0 Å². The molecule has 2 atom stereocenters. The van der Waals surface area contributed by atoms with Crippen LogP contribution in [0.1, 0.15) is 24.5 Å². The molecule has 0 spiro atoms. The van der Waals surface area contributed by atoms with Gasteiger partial charge in [-0.25, -0.2) is 0 Å². The van der Waals surface area contributed by atoms with Crippen LogP contribution in [0.25, 0.3) is 0 Å². The Labute approximate surface area is 108 Å². The van der Waals surface area contributed by atoms with Gasteiger partial charge in [-0.1, -0.05) is 12.1 Å². The molecule has 1 fully saturated rings. The zero-order valence-electron chi connectivity index (χ0n) is 11.2. The Morgan fingerprint density at radius 2 is 2.22 bits per heavy atom. The predicted molar refractivity (Wildman–Crippen MR) is 74.4 cm³/mol. The second kappa shape index (κ2) is 4.98. The fraction of sp³-hybridized carbons (Fsp3) is 0.500. The second-order valence-electron chi connectivity index (χ2n) is 4.93. The first-order valence-electron chi connectivity index (χ1n) is 6.31. The average molecular weight is 247 g/mol. The van der Waals surface area contributed by atoms with E-state index in [-0.39, 0.29) is 11.9 Å². The number of nitrogens with one attached hydrogen (secondary N) is 1. The summed E-state index contributed by atoms with van der Waals surface area (Å²) in [5, 5.41) is 7.71. The third kappa shape index (κ3) is 2.20. The molecule has 1 heterocycles. The second-order valence-corrected chi connectivity index (χ2v) is 4.93. The number of benzene rings is 1. The summed E-state index contributed by atoms with van der Waals surface area (Å²) >= 11 is 0. The van der Waals surface area contributed by atoms with Gasteiger partial charge >= 0.3 is 0 Å². The van der Waals surface area contributed by atoms with Crippen LogP contribution in [0.3, 0.4) is 0 Å². The van der Waals surface area contributed by atoms with Crippen LogP contribution in [0.4, 0.5) is 5.69 Å². The minimum Gasteiger partial charge on any atom is -0.384 e. The maximum absolute atomic E-state index is 7.71. The lowest BCUT2D eigenvalue weighted by molar-refractivity contribution is 0.118. The number of aryl methyl sites for hydroxylation is 1. The maximum atomic E-state index is 7.71. The summed E-state index contributed by atoms with van der Waals surface area (Å²) in [7, 11) is 2.06. The highest BCUT2D eigenvalue weighted by atomic mass is 16.5. The predicted octanol–water partition coefficient (Wildman–Crippen LogP) is 1.89. The summed E-state index contributed by atoms with van der Waals surface area (Å²) < 4.78 is 5.62. The van der Waals surface area contributed by atoms with E-state index in [1.807, 2.05) is 12.1 Å². The van der Waals surface area contributed by atoms with Crippen molar-refractivity contribution in [2.75, 3.05) is 18.6 Å². The maximum Gasteiger partial charge on any atom is 0.124 e. The lowest BCUT2D eigenvalue weighted by Crippen LogP contribution is -2.38. The van der Waals surface area contributed by atoms with E-state index >= 15 is 0 Å². The standard InChI is InChI=1S/C14H21N3O/c1-9-5-4-6-11(14(15)16)13(9)17(3)12-7-8-18-10(12)2/h4-6,10,12H,7-8H2,1-3H3,(H3,15,16). The number of nitrogens with two attached hydrogens (primary N) is 1. The van der Waals surface area contributed by atoms with Crippen LogP contribution in [0.15, 0.2) is 18.2 Å². The molecule has 1 aromatic carbocycles. The Bertz CT molecular complexity index is 458. The summed E-state index contributed by atoms with van der Waals surface area (Å²) in [6.07, 6.45) is 1.23. The summed E-state index contributed by atoms with van der Waals surface area (Å²) in [6.45, 7) is 4.95. The molecule has 4 heteroatoms. The number of ether oxygens (including phenoxy) is 1. The van der Waals surface area contributed by atoms with E-state index < -0.39 is 0 Å². The van der Waals surface area contributed by atoms with Crippen molar-refractivity contribution in [3.05, 3.63) is 29.3 Å². The van der Waals surface area contributed by atoms with Crippen LogP contribution in [0, 0.1) is 12.3 Å². The minimum absolute atomic E-state index is 0.118. The van der Waals surface area contributed by atoms with E-state index in [9.17, 15) is 0 Å². The first-order valence-corrected chi connectivity index (χ1v) is 6.31. The van der Waals surface area contributed by atoms with Gasteiger partial charge in [-0.05, 0) is 31.9 Å². The molecule has 0 amide bonds. The number of hydrogen-bond acceptors (Lipinski definition) is 3. The van der Waals surface area contributed by atoms with Crippen molar-refractivity contribution >= 4 is 11.5 Å². The third-order valence-corrected chi connectivity index (χ3v) is 3.71. The summed E-state index contributed by atoms with van der Waals surface area (Å²) in [5.74, 6) is 0.118. The highest BCUT2D eigenvalue weighted by Crippen LogP contribution is 2.29. The van der Waals surface area contributed by atoms with Gasteiger partial charge in [0.1, 0.15) is 5.84 Å². The van der Waals surface area contributed by atoms with E-state index in [0.717, 1.165) is 29.8 Å². The molecular formula is C14H21N3O. The Balaban J connectivity index is 2.40. The molecule has 98 valence electrons. The largest absolute Gasteiger partial charge is 0.384 e. The molecule has 1 saturated heterocycles. The minimum atomic E-state index is 0.118. The van der Waals surface area contributed by atoms with E-state index in [1.165, 1.54) is 0 Å². The van der Waals surface area contributed by atoms with Crippen LogP contribution in [-0.4, -0.2) is 31.6 Å². The molecular weight excluding hydrogens is 226 g/mol. The molecule has 1 aromatic rings. The number of hydrogen-bond donors (Lipinski definition) is 2. The fourth-order valence-electron chi connectivity index (χ4n) is 2.74. The smallest absolute Gasteiger partial charge is 0.124 e. The zero-order valence-corrected chi connectivity index (χ0v) is 11.2. The monoisotopic (exact) mass is 247 g/mol. The van der Waals surface area contributed by atoms with Gasteiger partial charge in [0.2, 0.25) is 0 Å². The van der Waals surface area contributed by atoms with Crippen molar-refractivity contribution in [2.45, 2.75) is 32.4 Å². The van der Waals surface area contributed by atoms with Crippen LogP contribution < -0.4 is 10.6 Å². The third-order valence-electron chi connectivity index (χ3n) is 3.71. The van der Waals surface area contributed by atoms with Crippen LogP contribution >= 0.6 is 0 Å². The highest BCUT2D eigenvalue weighted by Gasteiger charge is 2.29. The Morgan fingerprint density at radius 1 is 1.50 bits per heavy atom. The van der Waals surface area contributed by atoms with E-state index in [0.29, 0.717) is 6.04 Å². The first kappa shape index (κ1) is 12.9. The molecule has 2 rings (SSSR count). The number of rotatable bonds is 3. The van der Waals surface area contributed by atoms with Gasteiger partial charge in [0.15, 0.2) is 0 Å². The Hall–Kier alpha value is -1.55. The molecule has 18 heavy (non-hydrogen) atoms. The quantitative estimate of drug-likeness (QED) is 0.633. The van der Waals surface area contributed by atoms with Gasteiger partial charge in [-0.15, -0.1) is 0 Å². The molecule has 2 unspecified atom stereocenters. The first-order chi connectivity index (χ1) is 8.52. The molecule has 0 bridgehead atoms. The van der Waals surface area contributed by atoms with Gasteiger partial charge in [0.05, 0.1) is 17.8 Å². The van der Waals surface area contributed by atoms with Crippen LogP contribution in [0.5, 0.6) is 0 Å². The van der Waals surface area contributed by atoms with Gasteiger partial charge < -0.3 is 15.4 Å². The number of para-hydroxylation sites is 1. The van der Waals surface area contributed by atoms with Gasteiger partial charge in [0.25, 0.3) is 0 Å². The molecule has 0 aromatic heterocycles. The van der Waals surface area contributed by atoms with Gasteiger partial charge in [0, 0.05) is 19.2 Å². The van der Waals surface area contributed by atoms with E-state index in [2.05, 4.69) is 31.9 Å². The van der Waals surface area contributed by atoms with Crippen molar-refractivity contribution in [1.82, 2.24) is 0 Å². The fourth-order valence-corrected chi connectivity index (χ4v) is 2.74. The number of nitrogens with zero attached hydrogens (tertiary/aromatic N) is 1. The van der Waals surface area contributed by atoms with Crippen molar-refractivity contribution < 1.29 is 4.74 Å². The van der Waals surface area contributed by atoms with Crippen molar-refractivity contribution in [1.29, 1.82) is 5.41 Å². The van der Waals surface area contributed by atoms with Gasteiger partial charge in [-0.3, -0.25) is 5.41 Å². The number of likely N-dealkylation sites (N-methyl/N-ethyl adjacent to an activating group) is 1. The normalized spacial score (nSPS) is 23.1. The highest BCUT2D eigenvalue weighted by molar-refractivity contribution is 6.01.